The molecule has 0 saturated heterocycles. The molecule has 0 aliphatic carbocycles. The fourth-order valence-corrected chi connectivity index (χ4v) is 2.77. The van der Waals surface area contributed by atoms with E-state index in [1.165, 1.54) is 5.56 Å². The van der Waals surface area contributed by atoms with Crippen molar-refractivity contribution in [2.75, 3.05) is 6.54 Å². The Balaban J connectivity index is 1.94. The van der Waals surface area contributed by atoms with Crippen LogP contribution < -0.4 is 5.32 Å². The number of aromatic nitrogens is 2. The summed E-state index contributed by atoms with van der Waals surface area (Å²) < 4.78 is 1.99. The van der Waals surface area contributed by atoms with Gasteiger partial charge in [-0.15, -0.1) is 0 Å². The van der Waals surface area contributed by atoms with E-state index in [4.69, 9.17) is 0 Å². The summed E-state index contributed by atoms with van der Waals surface area (Å²) in [6.07, 6.45) is 6.06. The SMILES string of the molecule is CC(O)CC(C)(C)CNC(C)c1ccc(-n2ccnc2)cc1. The second kappa shape index (κ2) is 7.07. The van der Waals surface area contributed by atoms with E-state index in [1.807, 2.05) is 17.7 Å². The lowest BCUT2D eigenvalue weighted by atomic mass is 9.86. The average Bonchev–Trinajstić information content (AvgIpc) is 2.98. The largest absolute Gasteiger partial charge is 0.393 e. The van der Waals surface area contributed by atoms with Gasteiger partial charge in [0.05, 0.1) is 12.4 Å². The molecule has 2 N–H and O–H groups in total. The van der Waals surface area contributed by atoms with Crippen LogP contribution in [0.1, 0.15) is 45.7 Å². The predicted octanol–water partition coefficient (Wildman–Crippen LogP) is 3.32. The van der Waals surface area contributed by atoms with Crippen LogP contribution in [0.15, 0.2) is 43.0 Å². The van der Waals surface area contributed by atoms with Gasteiger partial charge in [0.15, 0.2) is 0 Å². The summed E-state index contributed by atoms with van der Waals surface area (Å²) in [5, 5.41) is 13.1. The normalized spacial score (nSPS) is 14.8. The van der Waals surface area contributed by atoms with E-state index < -0.39 is 0 Å². The molecule has 0 radical (unpaired) electrons. The predicted molar refractivity (Wildman–Crippen MR) is 90.1 cm³/mol. The second-order valence-electron chi connectivity index (χ2n) is 6.88. The van der Waals surface area contributed by atoms with Gasteiger partial charge >= 0.3 is 0 Å². The van der Waals surface area contributed by atoms with Gasteiger partial charge in [-0.3, -0.25) is 0 Å². The molecule has 1 aromatic carbocycles. The molecule has 0 spiro atoms. The van der Waals surface area contributed by atoms with Crippen molar-refractivity contribution in [2.45, 2.75) is 46.3 Å². The number of hydrogen-bond donors (Lipinski definition) is 2. The van der Waals surface area contributed by atoms with E-state index in [0.717, 1.165) is 18.7 Å². The highest BCUT2D eigenvalue weighted by Crippen LogP contribution is 2.23. The number of hydrogen-bond acceptors (Lipinski definition) is 3. The van der Waals surface area contributed by atoms with Gasteiger partial charge in [0.2, 0.25) is 0 Å². The molecule has 1 heterocycles. The van der Waals surface area contributed by atoms with Gasteiger partial charge in [-0.2, -0.15) is 0 Å². The maximum absolute atomic E-state index is 9.56. The smallest absolute Gasteiger partial charge is 0.0991 e. The van der Waals surface area contributed by atoms with Crippen molar-refractivity contribution in [1.29, 1.82) is 0 Å². The first-order valence-corrected chi connectivity index (χ1v) is 7.87. The Morgan fingerprint density at radius 2 is 1.91 bits per heavy atom. The number of aliphatic hydroxyl groups is 1. The summed E-state index contributed by atoms with van der Waals surface area (Å²) in [6, 6.07) is 8.79. The van der Waals surface area contributed by atoms with Crippen LogP contribution in [0.4, 0.5) is 0 Å². The van der Waals surface area contributed by atoms with Gasteiger partial charge in [0, 0.05) is 30.7 Å². The molecule has 0 bridgehead atoms. The van der Waals surface area contributed by atoms with Crippen molar-refractivity contribution >= 4 is 0 Å². The quantitative estimate of drug-likeness (QED) is 0.825. The van der Waals surface area contributed by atoms with Crippen LogP contribution in [0.25, 0.3) is 5.69 Å². The molecule has 4 nitrogen and oxygen atoms in total. The number of rotatable bonds is 7. The van der Waals surface area contributed by atoms with Gasteiger partial charge < -0.3 is 15.0 Å². The lowest BCUT2D eigenvalue weighted by Gasteiger charge is -2.28. The molecule has 2 aromatic rings. The summed E-state index contributed by atoms with van der Waals surface area (Å²) in [7, 11) is 0. The summed E-state index contributed by atoms with van der Waals surface area (Å²) >= 11 is 0. The van der Waals surface area contributed by atoms with Crippen LogP contribution in [0, 0.1) is 5.41 Å². The minimum absolute atomic E-state index is 0.0825. The molecule has 0 fully saturated rings. The molecule has 120 valence electrons. The van der Waals surface area contributed by atoms with E-state index in [0.29, 0.717) is 0 Å². The molecule has 22 heavy (non-hydrogen) atoms. The Morgan fingerprint density at radius 1 is 1.23 bits per heavy atom. The van der Waals surface area contributed by atoms with Crippen LogP contribution >= 0.6 is 0 Å². The van der Waals surface area contributed by atoms with Crippen molar-refractivity contribution in [3.05, 3.63) is 48.5 Å². The van der Waals surface area contributed by atoms with Crippen LogP contribution in [-0.4, -0.2) is 27.3 Å². The minimum atomic E-state index is -0.262. The molecule has 0 saturated carbocycles. The lowest BCUT2D eigenvalue weighted by molar-refractivity contribution is 0.127. The summed E-state index contributed by atoms with van der Waals surface area (Å²) in [4.78, 5) is 4.07. The standard InChI is InChI=1S/C18H27N3O/c1-14(22)11-18(3,4)12-20-15(2)16-5-7-17(8-6-16)21-10-9-19-13-21/h5-10,13-15,20,22H,11-12H2,1-4H3. The van der Waals surface area contributed by atoms with Gasteiger partial charge in [0.1, 0.15) is 0 Å². The Bertz CT molecular complexity index is 559. The monoisotopic (exact) mass is 301 g/mol. The van der Waals surface area contributed by atoms with Crippen LogP contribution in [0.2, 0.25) is 0 Å². The fraction of sp³-hybridized carbons (Fsp3) is 0.500. The Hall–Kier alpha value is -1.65. The maximum Gasteiger partial charge on any atom is 0.0991 e. The molecule has 4 heteroatoms. The summed E-state index contributed by atoms with van der Waals surface area (Å²) in [6.45, 7) is 9.26. The molecular weight excluding hydrogens is 274 g/mol. The van der Waals surface area contributed by atoms with Gasteiger partial charge in [-0.05, 0) is 43.4 Å². The van der Waals surface area contributed by atoms with Crippen molar-refractivity contribution in [1.82, 2.24) is 14.9 Å². The zero-order chi connectivity index (χ0) is 16.2. The van der Waals surface area contributed by atoms with Crippen molar-refractivity contribution in [3.63, 3.8) is 0 Å². The Kier molecular flexibility index (Phi) is 5.37. The van der Waals surface area contributed by atoms with Crippen molar-refractivity contribution in [3.8, 4) is 5.69 Å². The zero-order valence-corrected chi connectivity index (χ0v) is 14.0. The maximum atomic E-state index is 9.56. The lowest BCUT2D eigenvalue weighted by Crippen LogP contribution is -2.33. The minimum Gasteiger partial charge on any atom is -0.393 e. The van der Waals surface area contributed by atoms with E-state index >= 15 is 0 Å². The Morgan fingerprint density at radius 3 is 2.45 bits per heavy atom. The molecule has 1 aromatic heterocycles. The summed E-state index contributed by atoms with van der Waals surface area (Å²) in [5.74, 6) is 0. The molecule has 2 unspecified atom stereocenters. The van der Waals surface area contributed by atoms with Crippen molar-refractivity contribution < 1.29 is 5.11 Å². The number of imidazole rings is 1. The van der Waals surface area contributed by atoms with Crippen LogP contribution in [0.5, 0.6) is 0 Å². The van der Waals surface area contributed by atoms with Crippen molar-refractivity contribution in [2.24, 2.45) is 5.41 Å². The average molecular weight is 301 g/mol. The Labute approximate surface area is 133 Å². The van der Waals surface area contributed by atoms with E-state index in [-0.39, 0.29) is 17.6 Å². The molecule has 0 aliphatic rings. The molecule has 0 aliphatic heterocycles. The second-order valence-corrected chi connectivity index (χ2v) is 6.88. The number of nitrogens with zero attached hydrogens (tertiary/aromatic N) is 2. The first-order chi connectivity index (χ1) is 10.4. The number of aliphatic hydroxyl groups excluding tert-OH is 1. The third-order valence-corrected chi connectivity index (χ3v) is 3.93. The highest BCUT2D eigenvalue weighted by Gasteiger charge is 2.21. The third kappa shape index (κ3) is 4.68. The van der Waals surface area contributed by atoms with E-state index in [9.17, 15) is 5.11 Å². The highest BCUT2D eigenvalue weighted by molar-refractivity contribution is 5.35. The highest BCUT2D eigenvalue weighted by atomic mass is 16.3. The number of benzene rings is 1. The fourth-order valence-electron chi connectivity index (χ4n) is 2.77. The van der Waals surface area contributed by atoms with Gasteiger partial charge in [-0.25, -0.2) is 4.98 Å². The van der Waals surface area contributed by atoms with Gasteiger partial charge in [0.25, 0.3) is 0 Å². The zero-order valence-electron chi connectivity index (χ0n) is 14.0. The summed E-state index contributed by atoms with van der Waals surface area (Å²) in [5.41, 5.74) is 2.46. The third-order valence-electron chi connectivity index (χ3n) is 3.93. The van der Waals surface area contributed by atoms with Crippen LogP contribution in [0.3, 0.4) is 0 Å². The molecule has 0 amide bonds. The molecular formula is C18H27N3O. The van der Waals surface area contributed by atoms with E-state index in [2.05, 4.69) is 55.3 Å². The first-order valence-electron chi connectivity index (χ1n) is 7.87. The van der Waals surface area contributed by atoms with Gasteiger partial charge in [-0.1, -0.05) is 26.0 Å². The molecule has 2 atom stereocenters. The first kappa shape index (κ1) is 16.7. The topological polar surface area (TPSA) is 50.1 Å². The number of nitrogens with one attached hydrogen (secondary N) is 1. The van der Waals surface area contributed by atoms with Crippen LogP contribution in [-0.2, 0) is 0 Å². The molecule has 2 rings (SSSR count). The van der Waals surface area contributed by atoms with E-state index in [1.54, 1.807) is 12.5 Å².